The van der Waals surface area contributed by atoms with Crippen LogP contribution < -0.4 is 0 Å². The summed E-state index contributed by atoms with van der Waals surface area (Å²) in [7, 11) is 0. The normalized spacial score (nSPS) is 10.4. The van der Waals surface area contributed by atoms with Crippen LogP contribution in [0.4, 0.5) is 4.70 Å². The molecule has 0 saturated carbocycles. The van der Waals surface area contributed by atoms with Crippen molar-refractivity contribution >= 4 is 0 Å². The number of aromatic nitrogens is 1. The second-order valence-electron chi connectivity index (χ2n) is 5.44. The maximum absolute atomic E-state index is 2.35. The molecule has 0 atom stereocenters. The van der Waals surface area contributed by atoms with E-state index < -0.39 is 0 Å². The highest BCUT2D eigenvalue weighted by molar-refractivity contribution is 5.09. The molecule has 0 bridgehead atoms. The first-order valence-corrected chi connectivity index (χ1v) is 8.01. The Morgan fingerprint density at radius 3 is 1.95 bits per heavy atom. The Hall–Kier alpha value is -0.790. The number of unbranched alkanes of at least 4 members (excludes halogenated alkanes) is 8. The minimum atomic E-state index is 0. The lowest BCUT2D eigenvalue weighted by Gasteiger charge is -2.03. The van der Waals surface area contributed by atoms with Crippen LogP contribution in [0.15, 0.2) is 18.5 Å². The molecule has 0 unspecified atom stereocenters. The van der Waals surface area contributed by atoms with Crippen LogP contribution in [-0.4, -0.2) is 4.57 Å². The molecule has 1 heterocycles. The summed E-state index contributed by atoms with van der Waals surface area (Å²) < 4.78 is 2.35. The van der Waals surface area contributed by atoms with E-state index in [1.54, 1.807) is 0 Å². The third-order valence-electron chi connectivity index (χ3n) is 3.74. The minimum absolute atomic E-state index is 0. The smallest absolute Gasteiger partial charge is 0.0219 e. The van der Waals surface area contributed by atoms with Crippen LogP contribution in [0.25, 0.3) is 0 Å². The van der Waals surface area contributed by atoms with E-state index in [1.807, 2.05) is 0 Å². The zero-order valence-electron chi connectivity index (χ0n) is 12.9. The van der Waals surface area contributed by atoms with Gasteiger partial charge in [0.1, 0.15) is 0 Å². The standard InChI is InChI=1S/C17H31N.FH/c1-3-5-6-7-8-9-10-11-12-14-18-15-13-17(4-2)16-18;/h13,15-16H,3-12,14H2,1-2H3;1H. The van der Waals surface area contributed by atoms with Gasteiger partial charge in [-0.15, -0.1) is 0 Å². The molecule has 0 radical (unpaired) electrons. The summed E-state index contributed by atoms with van der Waals surface area (Å²) in [6, 6.07) is 2.24. The van der Waals surface area contributed by atoms with Crippen LogP contribution in [-0.2, 0) is 13.0 Å². The highest BCUT2D eigenvalue weighted by Gasteiger charge is 1.95. The maximum Gasteiger partial charge on any atom is 0.0219 e. The summed E-state index contributed by atoms with van der Waals surface area (Å²) in [6.07, 6.45) is 18.4. The molecule has 112 valence electrons. The predicted molar refractivity (Wildman–Crippen MR) is 83.5 cm³/mol. The number of rotatable bonds is 11. The van der Waals surface area contributed by atoms with Crippen molar-refractivity contribution in [1.29, 1.82) is 0 Å². The van der Waals surface area contributed by atoms with E-state index in [1.165, 1.54) is 69.9 Å². The van der Waals surface area contributed by atoms with Crippen LogP contribution in [0.3, 0.4) is 0 Å². The van der Waals surface area contributed by atoms with E-state index >= 15 is 0 Å². The molecule has 1 aromatic heterocycles. The summed E-state index contributed by atoms with van der Waals surface area (Å²) in [5, 5.41) is 0. The molecule has 2 heteroatoms. The molecular formula is C17H32FN. The Kier molecular flexibility index (Phi) is 11.7. The highest BCUT2D eigenvalue weighted by Crippen LogP contribution is 2.10. The molecule has 0 spiro atoms. The zero-order valence-corrected chi connectivity index (χ0v) is 12.9. The van der Waals surface area contributed by atoms with Crippen molar-refractivity contribution in [1.82, 2.24) is 4.57 Å². The van der Waals surface area contributed by atoms with Crippen LogP contribution in [0.2, 0.25) is 0 Å². The van der Waals surface area contributed by atoms with Gasteiger partial charge in [-0.1, -0.05) is 65.2 Å². The quantitative estimate of drug-likeness (QED) is 0.452. The van der Waals surface area contributed by atoms with E-state index in [0.29, 0.717) is 0 Å². The van der Waals surface area contributed by atoms with Gasteiger partial charge in [-0.3, -0.25) is 4.70 Å². The summed E-state index contributed by atoms with van der Waals surface area (Å²) in [5.74, 6) is 0. The Morgan fingerprint density at radius 1 is 0.842 bits per heavy atom. The first-order valence-electron chi connectivity index (χ1n) is 8.01. The van der Waals surface area contributed by atoms with E-state index in [2.05, 4.69) is 36.9 Å². The summed E-state index contributed by atoms with van der Waals surface area (Å²) >= 11 is 0. The molecule has 0 saturated heterocycles. The molecule has 0 aromatic carbocycles. The predicted octanol–water partition coefficient (Wildman–Crippen LogP) is 5.73. The van der Waals surface area contributed by atoms with Crippen molar-refractivity contribution in [2.24, 2.45) is 0 Å². The van der Waals surface area contributed by atoms with Gasteiger partial charge < -0.3 is 4.57 Å². The van der Waals surface area contributed by atoms with Crippen molar-refractivity contribution in [3.8, 4) is 0 Å². The monoisotopic (exact) mass is 269 g/mol. The average molecular weight is 269 g/mol. The molecule has 0 amide bonds. The lowest BCUT2D eigenvalue weighted by atomic mass is 10.1. The van der Waals surface area contributed by atoms with Crippen molar-refractivity contribution in [3.63, 3.8) is 0 Å². The van der Waals surface area contributed by atoms with Crippen molar-refractivity contribution in [2.75, 3.05) is 0 Å². The lowest BCUT2D eigenvalue weighted by Crippen LogP contribution is -1.94. The third-order valence-corrected chi connectivity index (χ3v) is 3.74. The Labute approximate surface area is 118 Å². The van der Waals surface area contributed by atoms with Crippen molar-refractivity contribution in [2.45, 2.75) is 84.6 Å². The van der Waals surface area contributed by atoms with E-state index in [0.717, 1.165) is 6.42 Å². The fourth-order valence-electron chi connectivity index (χ4n) is 2.44. The van der Waals surface area contributed by atoms with Gasteiger partial charge in [0.2, 0.25) is 0 Å². The number of halogens is 1. The van der Waals surface area contributed by atoms with Gasteiger partial charge in [-0.05, 0) is 24.5 Å². The topological polar surface area (TPSA) is 4.93 Å². The molecule has 19 heavy (non-hydrogen) atoms. The first-order chi connectivity index (χ1) is 8.86. The van der Waals surface area contributed by atoms with Crippen LogP contribution in [0, 0.1) is 0 Å². The Morgan fingerprint density at radius 2 is 1.42 bits per heavy atom. The Balaban J connectivity index is 0.00000324. The fourth-order valence-corrected chi connectivity index (χ4v) is 2.44. The Bertz CT molecular complexity index is 293. The summed E-state index contributed by atoms with van der Waals surface area (Å²) in [6.45, 7) is 5.71. The fraction of sp³-hybridized carbons (Fsp3) is 0.765. The van der Waals surface area contributed by atoms with Crippen LogP contribution >= 0.6 is 0 Å². The second kappa shape index (κ2) is 12.3. The van der Waals surface area contributed by atoms with Gasteiger partial charge in [0, 0.05) is 18.9 Å². The first kappa shape index (κ1) is 18.2. The van der Waals surface area contributed by atoms with Crippen molar-refractivity contribution in [3.05, 3.63) is 24.0 Å². The molecule has 1 rings (SSSR count). The number of hydrogen-bond donors (Lipinski definition) is 0. The molecule has 0 aliphatic rings. The molecule has 0 fully saturated rings. The maximum atomic E-state index is 2.35. The molecule has 0 N–H and O–H groups in total. The molecule has 1 aromatic rings. The lowest BCUT2D eigenvalue weighted by molar-refractivity contribution is 0.539. The van der Waals surface area contributed by atoms with Crippen molar-refractivity contribution < 1.29 is 4.70 Å². The molecule has 1 nitrogen and oxygen atoms in total. The minimum Gasteiger partial charge on any atom is -0.354 e. The van der Waals surface area contributed by atoms with Gasteiger partial charge in [0.05, 0.1) is 0 Å². The SMILES string of the molecule is CCCCCCCCCCCn1ccc(CC)c1.F. The highest BCUT2D eigenvalue weighted by atomic mass is 19.0. The zero-order chi connectivity index (χ0) is 13.1. The summed E-state index contributed by atoms with van der Waals surface area (Å²) in [5.41, 5.74) is 1.46. The van der Waals surface area contributed by atoms with Gasteiger partial charge in [0.15, 0.2) is 0 Å². The number of hydrogen-bond acceptors (Lipinski definition) is 0. The molecular weight excluding hydrogens is 237 g/mol. The van der Waals surface area contributed by atoms with E-state index in [4.69, 9.17) is 0 Å². The average Bonchev–Trinajstić information content (AvgIpc) is 2.85. The third kappa shape index (κ3) is 8.85. The van der Waals surface area contributed by atoms with Gasteiger partial charge in [-0.2, -0.15) is 0 Å². The number of nitrogens with zero attached hydrogens (tertiary/aromatic N) is 1. The number of aryl methyl sites for hydroxylation is 2. The van der Waals surface area contributed by atoms with Gasteiger partial charge in [0.25, 0.3) is 0 Å². The van der Waals surface area contributed by atoms with Gasteiger partial charge >= 0.3 is 0 Å². The van der Waals surface area contributed by atoms with Crippen LogP contribution in [0.5, 0.6) is 0 Å². The second-order valence-corrected chi connectivity index (χ2v) is 5.44. The van der Waals surface area contributed by atoms with E-state index in [-0.39, 0.29) is 4.70 Å². The molecule has 0 aliphatic heterocycles. The van der Waals surface area contributed by atoms with E-state index in [9.17, 15) is 0 Å². The summed E-state index contributed by atoms with van der Waals surface area (Å²) in [4.78, 5) is 0. The van der Waals surface area contributed by atoms with Crippen LogP contribution in [0.1, 0.15) is 77.2 Å². The largest absolute Gasteiger partial charge is 0.354 e. The van der Waals surface area contributed by atoms with Gasteiger partial charge in [-0.25, -0.2) is 0 Å². The molecule has 0 aliphatic carbocycles.